The standard InChI is InChI=1S/C18H13ClN2O2/c19-15-6-3-5-13(10-15)18(23)21-20-11-14-9-8-12-4-1-2-7-16(12)17(14)22/h1-11,22H,(H,21,23)/b20-11+. The number of hydrazone groups is 1. The third-order valence-electron chi connectivity index (χ3n) is 3.39. The van der Waals surface area contributed by atoms with Crippen molar-refractivity contribution >= 4 is 34.5 Å². The summed E-state index contributed by atoms with van der Waals surface area (Å²) in [5.74, 6) is -0.243. The molecule has 0 aliphatic carbocycles. The first-order valence-electron chi connectivity index (χ1n) is 6.95. The Balaban J connectivity index is 1.78. The Kier molecular flexibility index (Phi) is 4.26. The maximum absolute atomic E-state index is 11.9. The number of aromatic hydroxyl groups is 1. The molecule has 0 spiro atoms. The Labute approximate surface area is 138 Å². The van der Waals surface area contributed by atoms with Gasteiger partial charge in [0.2, 0.25) is 0 Å². The summed E-state index contributed by atoms with van der Waals surface area (Å²) in [6.45, 7) is 0. The van der Waals surface area contributed by atoms with Gasteiger partial charge in [-0.3, -0.25) is 4.79 Å². The van der Waals surface area contributed by atoms with Crippen LogP contribution in [0.25, 0.3) is 10.8 Å². The maximum Gasteiger partial charge on any atom is 0.271 e. The molecule has 3 aromatic rings. The van der Waals surface area contributed by atoms with Crippen LogP contribution in [0.2, 0.25) is 5.02 Å². The highest BCUT2D eigenvalue weighted by Gasteiger charge is 2.06. The molecule has 23 heavy (non-hydrogen) atoms. The number of fused-ring (bicyclic) bond motifs is 1. The van der Waals surface area contributed by atoms with Crippen LogP contribution in [0.5, 0.6) is 5.75 Å². The fourth-order valence-corrected chi connectivity index (χ4v) is 2.42. The van der Waals surface area contributed by atoms with Crippen LogP contribution < -0.4 is 5.43 Å². The molecule has 2 N–H and O–H groups in total. The van der Waals surface area contributed by atoms with Crippen molar-refractivity contribution < 1.29 is 9.90 Å². The van der Waals surface area contributed by atoms with Crippen molar-refractivity contribution in [3.63, 3.8) is 0 Å². The highest BCUT2D eigenvalue weighted by molar-refractivity contribution is 6.30. The molecule has 114 valence electrons. The van der Waals surface area contributed by atoms with Crippen LogP contribution in [0, 0.1) is 0 Å². The van der Waals surface area contributed by atoms with Crippen molar-refractivity contribution in [3.05, 3.63) is 76.8 Å². The number of benzene rings is 3. The predicted molar refractivity (Wildman–Crippen MR) is 92.1 cm³/mol. The molecule has 1 amide bonds. The highest BCUT2D eigenvalue weighted by Crippen LogP contribution is 2.27. The summed E-state index contributed by atoms with van der Waals surface area (Å²) in [7, 11) is 0. The molecule has 3 rings (SSSR count). The van der Waals surface area contributed by atoms with Gasteiger partial charge in [-0.1, -0.05) is 48.0 Å². The number of hydrogen-bond acceptors (Lipinski definition) is 3. The summed E-state index contributed by atoms with van der Waals surface area (Å²) in [5.41, 5.74) is 3.35. The third kappa shape index (κ3) is 3.33. The number of amides is 1. The Bertz CT molecular complexity index is 906. The molecule has 0 aromatic heterocycles. The minimum absolute atomic E-state index is 0.129. The lowest BCUT2D eigenvalue weighted by molar-refractivity contribution is 0.0955. The Morgan fingerprint density at radius 2 is 1.91 bits per heavy atom. The van der Waals surface area contributed by atoms with Crippen molar-refractivity contribution in [1.82, 2.24) is 5.43 Å². The normalized spacial score (nSPS) is 11.0. The quantitative estimate of drug-likeness (QED) is 0.566. The van der Waals surface area contributed by atoms with Crippen molar-refractivity contribution in [2.24, 2.45) is 5.10 Å². The summed E-state index contributed by atoms with van der Waals surface area (Å²) in [4.78, 5) is 11.9. The number of carbonyl (C=O) groups excluding carboxylic acids is 1. The summed E-state index contributed by atoms with van der Waals surface area (Å²) >= 11 is 5.84. The largest absolute Gasteiger partial charge is 0.507 e. The van der Waals surface area contributed by atoms with Crippen LogP contribution in [0.4, 0.5) is 0 Å². The van der Waals surface area contributed by atoms with Crippen molar-refractivity contribution in [2.75, 3.05) is 0 Å². The zero-order valence-corrected chi connectivity index (χ0v) is 12.8. The monoisotopic (exact) mass is 324 g/mol. The molecule has 0 bridgehead atoms. The van der Waals surface area contributed by atoms with E-state index in [0.29, 0.717) is 16.1 Å². The number of phenolic OH excluding ortho intramolecular Hbond substituents is 1. The number of rotatable bonds is 3. The van der Waals surface area contributed by atoms with Gasteiger partial charge in [0.1, 0.15) is 5.75 Å². The van der Waals surface area contributed by atoms with E-state index in [9.17, 15) is 9.90 Å². The van der Waals surface area contributed by atoms with Gasteiger partial charge in [0.05, 0.1) is 6.21 Å². The second-order valence-electron chi connectivity index (χ2n) is 4.93. The first kappa shape index (κ1) is 15.1. The minimum Gasteiger partial charge on any atom is -0.507 e. The van der Waals surface area contributed by atoms with E-state index in [1.165, 1.54) is 6.21 Å². The van der Waals surface area contributed by atoms with Crippen LogP contribution in [0.15, 0.2) is 65.8 Å². The van der Waals surface area contributed by atoms with Gasteiger partial charge >= 0.3 is 0 Å². The van der Waals surface area contributed by atoms with Gasteiger partial charge in [0, 0.05) is 21.5 Å². The lowest BCUT2D eigenvalue weighted by atomic mass is 10.1. The number of phenols is 1. The van der Waals surface area contributed by atoms with Crippen molar-refractivity contribution in [1.29, 1.82) is 0 Å². The fraction of sp³-hybridized carbons (Fsp3) is 0. The van der Waals surface area contributed by atoms with Crippen molar-refractivity contribution in [2.45, 2.75) is 0 Å². The van der Waals surface area contributed by atoms with E-state index in [2.05, 4.69) is 10.5 Å². The van der Waals surface area contributed by atoms with E-state index in [1.807, 2.05) is 30.3 Å². The van der Waals surface area contributed by atoms with Gasteiger partial charge in [-0.15, -0.1) is 0 Å². The molecule has 0 fully saturated rings. The molecule has 0 heterocycles. The second-order valence-corrected chi connectivity index (χ2v) is 5.37. The summed E-state index contributed by atoms with van der Waals surface area (Å²) in [5, 5.41) is 16.3. The zero-order valence-electron chi connectivity index (χ0n) is 12.0. The van der Waals surface area contributed by atoms with Gasteiger partial charge in [0.15, 0.2) is 0 Å². The van der Waals surface area contributed by atoms with E-state index in [1.54, 1.807) is 30.3 Å². The molecule has 5 heteroatoms. The molecular formula is C18H13ClN2O2. The average molecular weight is 325 g/mol. The van der Waals surface area contributed by atoms with Gasteiger partial charge in [0.25, 0.3) is 5.91 Å². The van der Waals surface area contributed by atoms with E-state index < -0.39 is 0 Å². The molecular weight excluding hydrogens is 312 g/mol. The van der Waals surface area contributed by atoms with E-state index >= 15 is 0 Å². The van der Waals surface area contributed by atoms with Gasteiger partial charge in [-0.2, -0.15) is 5.10 Å². The van der Waals surface area contributed by atoms with Gasteiger partial charge in [-0.25, -0.2) is 5.43 Å². The predicted octanol–water partition coefficient (Wildman–Crippen LogP) is 3.96. The molecule has 0 aliphatic heterocycles. The van der Waals surface area contributed by atoms with Gasteiger partial charge < -0.3 is 5.11 Å². The number of nitrogens with zero attached hydrogens (tertiary/aromatic N) is 1. The maximum atomic E-state index is 11.9. The van der Waals surface area contributed by atoms with Crippen LogP contribution in [0.1, 0.15) is 15.9 Å². The van der Waals surface area contributed by atoms with E-state index in [0.717, 1.165) is 10.8 Å². The molecule has 0 saturated carbocycles. The summed E-state index contributed by atoms with van der Waals surface area (Å²) in [6, 6.07) is 17.7. The van der Waals surface area contributed by atoms with Crippen LogP contribution in [0.3, 0.4) is 0 Å². The molecule has 3 aromatic carbocycles. The Morgan fingerprint density at radius 1 is 1.09 bits per heavy atom. The lowest BCUT2D eigenvalue weighted by Crippen LogP contribution is -2.17. The van der Waals surface area contributed by atoms with Crippen LogP contribution in [-0.2, 0) is 0 Å². The highest BCUT2D eigenvalue weighted by atomic mass is 35.5. The number of halogens is 1. The lowest BCUT2D eigenvalue weighted by Gasteiger charge is -2.04. The summed E-state index contributed by atoms with van der Waals surface area (Å²) in [6.07, 6.45) is 1.41. The Hall–Kier alpha value is -2.85. The molecule has 0 radical (unpaired) electrons. The fourth-order valence-electron chi connectivity index (χ4n) is 2.23. The topological polar surface area (TPSA) is 61.7 Å². The zero-order chi connectivity index (χ0) is 16.2. The number of hydrogen-bond donors (Lipinski definition) is 2. The third-order valence-corrected chi connectivity index (χ3v) is 3.62. The molecule has 0 aliphatic rings. The average Bonchev–Trinajstić information content (AvgIpc) is 2.57. The first-order chi connectivity index (χ1) is 11.1. The van der Waals surface area contributed by atoms with E-state index in [4.69, 9.17) is 11.6 Å². The number of nitrogens with one attached hydrogen (secondary N) is 1. The summed E-state index contributed by atoms with van der Waals surface area (Å²) < 4.78 is 0. The molecule has 0 unspecified atom stereocenters. The molecule has 0 saturated heterocycles. The van der Waals surface area contributed by atoms with Crippen molar-refractivity contribution in [3.8, 4) is 5.75 Å². The van der Waals surface area contributed by atoms with E-state index in [-0.39, 0.29) is 11.7 Å². The number of carbonyl (C=O) groups is 1. The molecule has 4 nitrogen and oxygen atoms in total. The van der Waals surface area contributed by atoms with Crippen LogP contribution >= 0.6 is 11.6 Å². The smallest absolute Gasteiger partial charge is 0.271 e. The minimum atomic E-state index is -0.371. The Morgan fingerprint density at radius 3 is 2.74 bits per heavy atom. The van der Waals surface area contributed by atoms with Gasteiger partial charge in [-0.05, 0) is 29.7 Å². The van der Waals surface area contributed by atoms with Crippen LogP contribution in [-0.4, -0.2) is 17.2 Å². The SMILES string of the molecule is O=C(N/N=C/c1ccc2ccccc2c1O)c1cccc(Cl)c1. The molecule has 0 atom stereocenters. The second kappa shape index (κ2) is 6.50. The first-order valence-corrected chi connectivity index (χ1v) is 7.32.